The van der Waals surface area contributed by atoms with Crippen LogP contribution in [0, 0.1) is 0 Å². The van der Waals surface area contributed by atoms with Gasteiger partial charge in [0.15, 0.2) is 0 Å². The highest BCUT2D eigenvalue weighted by molar-refractivity contribution is 6.58. The van der Waals surface area contributed by atoms with Crippen LogP contribution in [0.15, 0.2) is 18.2 Å². The highest BCUT2D eigenvalue weighted by Gasteiger charge is 2.29. The number of nitrogens with two attached hydrogens (primary N) is 1. The van der Waals surface area contributed by atoms with Gasteiger partial charge in [-0.1, -0.05) is 12.1 Å². The molecule has 0 amide bonds. The van der Waals surface area contributed by atoms with E-state index in [1.54, 1.807) is 6.07 Å². The molecule has 0 heterocycles. The third-order valence-electron chi connectivity index (χ3n) is 2.66. The lowest BCUT2D eigenvalue weighted by Gasteiger charge is -2.20. The first-order valence-corrected chi connectivity index (χ1v) is 5.33. The summed E-state index contributed by atoms with van der Waals surface area (Å²) in [4.78, 5) is 11.0. The molecule has 0 aliphatic rings. The van der Waals surface area contributed by atoms with Crippen molar-refractivity contribution >= 4 is 18.6 Å². The van der Waals surface area contributed by atoms with E-state index in [0.717, 1.165) is 0 Å². The third-order valence-corrected chi connectivity index (χ3v) is 2.66. The van der Waals surface area contributed by atoms with Crippen molar-refractivity contribution in [2.45, 2.75) is 18.9 Å². The van der Waals surface area contributed by atoms with E-state index in [1.807, 2.05) is 0 Å². The van der Waals surface area contributed by atoms with Crippen LogP contribution in [0.5, 0.6) is 5.75 Å². The zero-order chi connectivity index (χ0) is 13.9. The fourth-order valence-corrected chi connectivity index (χ4v) is 1.54. The number of carboxylic acids is 1. The number of hydrogen-bond acceptors (Lipinski definition) is 5. The Morgan fingerprint density at radius 2 is 2.11 bits per heavy atom. The molecule has 1 aromatic carbocycles. The average Bonchev–Trinajstić information content (AvgIpc) is 2.28. The van der Waals surface area contributed by atoms with Gasteiger partial charge in [0.2, 0.25) is 0 Å². The Morgan fingerprint density at radius 3 is 2.56 bits per heavy atom. The third kappa shape index (κ3) is 3.22. The Hall–Kier alpha value is -1.57. The second-order valence-corrected chi connectivity index (χ2v) is 4.34. The molecular formula is C11H16BNO5. The number of carboxylic acid groups (broad SMARTS) is 1. The van der Waals surface area contributed by atoms with Gasteiger partial charge in [-0.2, -0.15) is 0 Å². The van der Waals surface area contributed by atoms with E-state index in [1.165, 1.54) is 26.2 Å². The van der Waals surface area contributed by atoms with Gasteiger partial charge < -0.3 is 25.6 Å². The number of rotatable bonds is 5. The molecule has 0 aliphatic carbocycles. The molecule has 0 bridgehead atoms. The SMILES string of the molecule is COc1cc(B(O)O)ccc1C[C@](C)(N)C(=O)O. The second-order valence-electron chi connectivity index (χ2n) is 4.34. The van der Waals surface area contributed by atoms with E-state index in [9.17, 15) is 4.79 Å². The molecule has 7 heteroatoms. The molecule has 0 saturated heterocycles. The zero-order valence-electron chi connectivity index (χ0n) is 10.3. The van der Waals surface area contributed by atoms with Gasteiger partial charge in [-0.05, 0) is 24.0 Å². The molecular weight excluding hydrogens is 237 g/mol. The molecule has 0 unspecified atom stereocenters. The smallest absolute Gasteiger partial charge is 0.488 e. The highest BCUT2D eigenvalue weighted by atomic mass is 16.5. The summed E-state index contributed by atoms with van der Waals surface area (Å²) in [5.74, 6) is -0.741. The molecule has 0 saturated carbocycles. The molecule has 0 radical (unpaired) electrons. The summed E-state index contributed by atoms with van der Waals surface area (Å²) < 4.78 is 5.09. The lowest BCUT2D eigenvalue weighted by atomic mass is 9.79. The van der Waals surface area contributed by atoms with Crippen molar-refractivity contribution in [1.82, 2.24) is 0 Å². The topological polar surface area (TPSA) is 113 Å². The van der Waals surface area contributed by atoms with Gasteiger partial charge >= 0.3 is 13.1 Å². The van der Waals surface area contributed by atoms with Gasteiger partial charge in [-0.25, -0.2) is 0 Å². The van der Waals surface area contributed by atoms with Gasteiger partial charge in [0.1, 0.15) is 11.3 Å². The zero-order valence-corrected chi connectivity index (χ0v) is 10.3. The number of methoxy groups -OCH3 is 1. The first kappa shape index (κ1) is 14.5. The Morgan fingerprint density at radius 1 is 1.50 bits per heavy atom. The maximum Gasteiger partial charge on any atom is 0.488 e. The summed E-state index contributed by atoms with van der Waals surface area (Å²) in [5, 5.41) is 27.0. The Labute approximate surface area is 105 Å². The molecule has 6 nitrogen and oxygen atoms in total. The molecule has 98 valence electrons. The number of ether oxygens (including phenoxy) is 1. The number of carbonyl (C=O) groups is 1. The molecule has 1 atom stereocenters. The Kier molecular flexibility index (Phi) is 4.34. The lowest BCUT2D eigenvalue weighted by molar-refractivity contribution is -0.142. The fourth-order valence-electron chi connectivity index (χ4n) is 1.54. The molecule has 0 aromatic heterocycles. The number of hydrogen-bond donors (Lipinski definition) is 4. The van der Waals surface area contributed by atoms with Crippen molar-refractivity contribution in [1.29, 1.82) is 0 Å². The van der Waals surface area contributed by atoms with Gasteiger partial charge in [0.25, 0.3) is 0 Å². The van der Waals surface area contributed by atoms with Crippen LogP contribution < -0.4 is 15.9 Å². The van der Waals surface area contributed by atoms with Crippen LogP contribution in [0.3, 0.4) is 0 Å². The van der Waals surface area contributed by atoms with Crippen molar-refractivity contribution in [2.75, 3.05) is 7.11 Å². The summed E-state index contributed by atoms with van der Waals surface area (Å²) in [5.41, 5.74) is 5.11. The van der Waals surface area contributed by atoms with Crippen LogP contribution in [0.25, 0.3) is 0 Å². The van der Waals surface area contributed by atoms with Crippen LogP contribution in [0.2, 0.25) is 0 Å². The van der Waals surface area contributed by atoms with E-state index in [0.29, 0.717) is 11.3 Å². The summed E-state index contributed by atoms with van der Waals surface area (Å²) in [6.07, 6.45) is 0.0767. The van der Waals surface area contributed by atoms with Crippen LogP contribution in [-0.4, -0.2) is 40.9 Å². The maximum absolute atomic E-state index is 11.0. The number of aliphatic carboxylic acids is 1. The highest BCUT2D eigenvalue weighted by Crippen LogP contribution is 2.21. The standard InChI is InChI=1S/C11H16BNO5/c1-11(13,10(14)15)6-7-3-4-8(12(16)17)5-9(7)18-2/h3-5,16-17H,6,13H2,1-2H3,(H,14,15)/t11-/m0/s1. The van der Waals surface area contributed by atoms with E-state index >= 15 is 0 Å². The average molecular weight is 253 g/mol. The van der Waals surface area contributed by atoms with Crippen molar-refractivity contribution in [3.8, 4) is 5.75 Å². The summed E-state index contributed by atoms with van der Waals surface area (Å²) in [6, 6.07) is 4.50. The normalized spacial score (nSPS) is 13.8. The fraction of sp³-hybridized carbons (Fsp3) is 0.364. The molecule has 1 rings (SSSR count). The summed E-state index contributed by atoms with van der Waals surface area (Å²) in [7, 11) is -0.183. The molecule has 0 fully saturated rings. The molecule has 0 spiro atoms. The van der Waals surface area contributed by atoms with Crippen LogP contribution in [0.1, 0.15) is 12.5 Å². The number of benzene rings is 1. The van der Waals surface area contributed by atoms with Gasteiger partial charge in [0, 0.05) is 6.42 Å². The molecule has 0 aliphatic heterocycles. The van der Waals surface area contributed by atoms with E-state index in [-0.39, 0.29) is 11.9 Å². The first-order valence-electron chi connectivity index (χ1n) is 5.33. The van der Waals surface area contributed by atoms with Crippen molar-refractivity contribution in [3.63, 3.8) is 0 Å². The predicted molar refractivity (Wildman–Crippen MR) is 66.8 cm³/mol. The summed E-state index contributed by atoms with van der Waals surface area (Å²) in [6.45, 7) is 1.41. The largest absolute Gasteiger partial charge is 0.496 e. The van der Waals surface area contributed by atoms with Gasteiger partial charge in [-0.3, -0.25) is 4.79 Å². The van der Waals surface area contributed by atoms with Crippen molar-refractivity contribution < 1.29 is 24.7 Å². The van der Waals surface area contributed by atoms with Crippen molar-refractivity contribution in [2.24, 2.45) is 5.73 Å². The van der Waals surface area contributed by atoms with Gasteiger partial charge in [-0.15, -0.1) is 0 Å². The Balaban J connectivity index is 3.07. The van der Waals surface area contributed by atoms with E-state index in [2.05, 4.69) is 0 Å². The summed E-state index contributed by atoms with van der Waals surface area (Å²) >= 11 is 0. The minimum Gasteiger partial charge on any atom is -0.496 e. The van der Waals surface area contributed by atoms with Crippen molar-refractivity contribution in [3.05, 3.63) is 23.8 Å². The first-order chi connectivity index (χ1) is 8.27. The Bertz CT molecular complexity index is 447. The molecule has 18 heavy (non-hydrogen) atoms. The lowest BCUT2D eigenvalue weighted by Crippen LogP contribution is -2.47. The van der Waals surface area contributed by atoms with Gasteiger partial charge in [0.05, 0.1) is 7.11 Å². The van der Waals surface area contributed by atoms with Crippen LogP contribution in [-0.2, 0) is 11.2 Å². The second kappa shape index (κ2) is 5.39. The minimum atomic E-state index is -1.60. The van der Waals surface area contributed by atoms with Crippen LogP contribution in [0.4, 0.5) is 0 Å². The minimum absolute atomic E-state index is 0.0767. The molecule has 1 aromatic rings. The predicted octanol–water partition coefficient (Wildman–Crippen LogP) is -1.28. The monoisotopic (exact) mass is 253 g/mol. The molecule has 5 N–H and O–H groups in total. The van der Waals surface area contributed by atoms with E-state index < -0.39 is 18.6 Å². The quantitative estimate of drug-likeness (QED) is 0.486. The van der Waals surface area contributed by atoms with E-state index in [4.69, 9.17) is 25.6 Å². The van der Waals surface area contributed by atoms with Crippen LogP contribution >= 0.6 is 0 Å². The maximum atomic E-state index is 11.0.